The van der Waals surface area contributed by atoms with Crippen molar-refractivity contribution in [1.82, 2.24) is 10.6 Å². The van der Waals surface area contributed by atoms with E-state index in [9.17, 15) is 29.1 Å². The van der Waals surface area contributed by atoms with Gasteiger partial charge >= 0.3 is 30.1 Å². The molecule has 0 aromatic heterocycles. The fourth-order valence-corrected chi connectivity index (χ4v) is 9.65. The summed E-state index contributed by atoms with van der Waals surface area (Å²) in [5.74, 6) is -2.32. The van der Waals surface area contributed by atoms with Gasteiger partial charge in [0.25, 0.3) is 0 Å². The minimum absolute atomic E-state index is 0.170. The molecule has 0 bridgehead atoms. The van der Waals surface area contributed by atoms with E-state index in [1.54, 1.807) is 30.3 Å². The lowest BCUT2D eigenvalue weighted by atomic mass is 9.96. The van der Waals surface area contributed by atoms with Crippen LogP contribution in [0.2, 0.25) is 18.1 Å². The number of aliphatic hydroxyl groups is 1. The molecule has 2 aromatic rings. The highest BCUT2D eigenvalue weighted by Crippen LogP contribution is 2.38. The van der Waals surface area contributed by atoms with Crippen molar-refractivity contribution >= 4 is 108 Å². The Kier molecular flexibility index (Phi) is 33.5. The molecule has 1 aliphatic rings. The van der Waals surface area contributed by atoms with Crippen molar-refractivity contribution in [2.45, 2.75) is 225 Å². The summed E-state index contributed by atoms with van der Waals surface area (Å²) in [5.41, 5.74) is 1.94. The summed E-state index contributed by atoms with van der Waals surface area (Å²) in [5, 5.41) is 16.8. The summed E-state index contributed by atoms with van der Waals surface area (Å²) in [7, 11) is -2.56. The van der Waals surface area contributed by atoms with Crippen LogP contribution in [0.15, 0.2) is 60.7 Å². The molecule has 7 atom stereocenters. The van der Waals surface area contributed by atoms with Crippen molar-refractivity contribution in [3.63, 3.8) is 0 Å². The number of carbonyl (C=O) groups excluding carboxylic acids is 5. The zero-order valence-corrected chi connectivity index (χ0v) is 52.8. The maximum absolute atomic E-state index is 14.4. The number of esters is 3. The Morgan fingerprint density at radius 1 is 0.688 bits per heavy atom. The quantitative estimate of drug-likeness (QED) is 0.0191. The summed E-state index contributed by atoms with van der Waals surface area (Å²) in [6.45, 7) is 9.61. The van der Waals surface area contributed by atoms with Gasteiger partial charge in [-0.1, -0.05) is 235 Å². The average molecular weight is 1260 g/mol. The lowest BCUT2D eigenvalue weighted by molar-refractivity contribution is -0.273. The van der Waals surface area contributed by atoms with E-state index in [1.807, 2.05) is 52.1 Å². The van der Waals surface area contributed by atoms with Crippen molar-refractivity contribution in [1.29, 1.82) is 0 Å². The predicted octanol–water partition coefficient (Wildman–Crippen LogP) is 13.9. The Morgan fingerprint density at radius 3 is 1.80 bits per heavy atom. The Bertz CT molecular complexity index is 2100. The van der Waals surface area contributed by atoms with Gasteiger partial charge in [0, 0.05) is 6.42 Å². The number of alkyl halides is 6. The Morgan fingerprint density at radius 2 is 1.23 bits per heavy atom. The molecule has 80 heavy (non-hydrogen) atoms. The lowest BCUT2D eigenvalue weighted by Crippen LogP contribution is -2.66. The van der Waals surface area contributed by atoms with E-state index in [2.05, 4.69) is 29.7 Å². The minimum atomic E-state index is -2.56. The third kappa shape index (κ3) is 30.7. The molecule has 0 saturated carbocycles. The molecular formula is C57H86Cl6N2O14Si. The number of halogens is 6. The van der Waals surface area contributed by atoms with E-state index in [0.29, 0.717) is 24.8 Å². The normalized spacial score (nSPS) is 18.6. The standard InChI is InChI=1S/C57H86Cl6N2O14Si/c1-7-8-9-10-11-12-13-17-26-33-43(77-46(66)34-27-18-15-14-16-21-28-41-29-22-19-23-30-41)35-47(67)79-50-48(65-54(71)75-40-57(61,62)63)52(78-45(49(50)68)38-76-80(5,6)55(2,3)4)73-37-44(64-53(70)74-39-56(58,59)60)51(69)72-36-42-31-24-20-25-32-42/h19-20,22-25,29-32,43-45,48-50,52,68H,7-18,21,26-28,33-40H2,1-6H3,(H,64,70)(H,65,71)/t43-,44-,45?,48?,49?,50?,52?/m1/s1. The van der Waals surface area contributed by atoms with Crippen LogP contribution in [-0.4, -0.2) is 120 Å². The number of amides is 2. The first-order valence-electron chi connectivity index (χ1n) is 28.0. The van der Waals surface area contributed by atoms with Crippen LogP contribution in [0.5, 0.6) is 0 Å². The third-order valence-corrected chi connectivity index (χ3v) is 19.0. The number of hydrogen-bond acceptors (Lipinski definition) is 14. The summed E-state index contributed by atoms with van der Waals surface area (Å²) in [6, 6.07) is 15.8. The highest BCUT2D eigenvalue weighted by molar-refractivity contribution is 6.74. The molecule has 2 aromatic carbocycles. The number of aliphatic hydroxyl groups excluding tert-OH is 1. The molecule has 454 valence electrons. The van der Waals surface area contributed by atoms with Crippen molar-refractivity contribution in [3.05, 3.63) is 71.8 Å². The van der Waals surface area contributed by atoms with E-state index < -0.39 is 115 Å². The largest absolute Gasteiger partial charge is 0.462 e. The average Bonchev–Trinajstić information content (AvgIpc) is 3.48. The van der Waals surface area contributed by atoms with Crippen LogP contribution < -0.4 is 10.6 Å². The van der Waals surface area contributed by atoms with Crippen LogP contribution in [0.25, 0.3) is 0 Å². The first-order valence-corrected chi connectivity index (χ1v) is 33.2. The zero-order chi connectivity index (χ0) is 59.2. The summed E-state index contributed by atoms with van der Waals surface area (Å²) in [4.78, 5) is 68.1. The number of unbranched alkanes of at least 4 members (excludes halogenated alkanes) is 13. The van der Waals surface area contributed by atoms with Gasteiger partial charge in [-0.05, 0) is 61.4 Å². The molecule has 23 heteroatoms. The second-order valence-corrected chi connectivity index (χ2v) is 31.6. The molecule has 3 rings (SSSR count). The molecule has 5 unspecified atom stereocenters. The van der Waals surface area contributed by atoms with E-state index in [-0.39, 0.29) is 24.7 Å². The van der Waals surface area contributed by atoms with Gasteiger partial charge < -0.3 is 53.3 Å². The number of nitrogens with one attached hydrogen (secondary N) is 2. The highest BCUT2D eigenvalue weighted by atomic mass is 35.6. The zero-order valence-electron chi connectivity index (χ0n) is 47.3. The van der Waals surface area contributed by atoms with E-state index in [1.165, 1.54) is 31.2 Å². The monoisotopic (exact) mass is 1260 g/mol. The van der Waals surface area contributed by atoms with Crippen molar-refractivity contribution in [3.8, 4) is 0 Å². The smallest absolute Gasteiger partial charge is 0.408 e. The lowest BCUT2D eigenvalue weighted by Gasteiger charge is -2.45. The number of aryl methyl sites for hydroxylation is 1. The maximum atomic E-state index is 14.4. The van der Waals surface area contributed by atoms with E-state index in [0.717, 1.165) is 64.2 Å². The van der Waals surface area contributed by atoms with Crippen molar-refractivity contribution < 1.29 is 66.7 Å². The van der Waals surface area contributed by atoms with Gasteiger partial charge in [0.15, 0.2) is 26.8 Å². The van der Waals surface area contributed by atoms with Crippen LogP contribution in [0, 0.1) is 0 Å². The predicted molar refractivity (Wildman–Crippen MR) is 316 cm³/mol. The first kappa shape index (κ1) is 71.4. The number of alkyl carbamates (subject to hydrolysis) is 2. The van der Waals surface area contributed by atoms with Gasteiger partial charge in [-0.2, -0.15) is 0 Å². The Balaban J connectivity index is 1.91. The molecule has 1 fully saturated rings. The Labute approximate surface area is 505 Å². The topological polar surface area (TPSA) is 203 Å². The second-order valence-electron chi connectivity index (χ2n) is 21.8. The highest BCUT2D eigenvalue weighted by Gasteiger charge is 2.51. The van der Waals surface area contributed by atoms with Crippen LogP contribution in [0.3, 0.4) is 0 Å². The third-order valence-electron chi connectivity index (χ3n) is 13.9. The number of hydrogen-bond donors (Lipinski definition) is 3. The number of ether oxygens (including phenoxy) is 7. The van der Waals surface area contributed by atoms with Crippen LogP contribution in [0.1, 0.15) is 154 Å². The number of benzene rings is 2. The molecule has 2 amide bonds. The Hall–Kier alpha value is -2.81. The summed E-state index contributed by atoms with van der Waals surface area (Å²) >= 11 is 35.2. The SMILES string of the molecule is CCCCCCCCCCC[C@H](CC(=O)OC1C(O)C(CO[Si](C)(C)C(C)(C)C)OC(OC[C@@H](NC(=O)OCC(Cl)(Cl)Cl)C(=O)OCc2ccccc2)C1NC(=O)OCC(Cl)(Cl)Cl)OC(=O)CCCCCCCCc1ccccc1. The van der Waals surface area contributed by atoms with Gasteiger partial charge in [0.05, 0.1) is 19.6 Å². The summed E-state index contributed by atoms with van der Waals surface area (Å²) < 4.78 is 42.9. The molecule has 1 saturated heterocycles. The molecule has 0 radical (unpaired) electrons. The maximum Gasteiger partial charge on any atom is 0.408 e. The van der Waals surface area contributed by atoms with E-state index >= 15 is 0 Å². The second kappa shape index (κ2) is 37.5. The van der Waals surface area contributed by atoms with E-state index in [4.69, 9.17) is 107 Å². The number of rotatable bonds is 36. The van der Waals surface area contributed by atoms with Gasteiger partial charge in [0.1, 0.15) is 44.2 Å². The van der Waals surface area contributed by atoms with Gasteiger partial charge in [-0.3, -0.25) is 9.59 Å². The van der Waals surface area contributed by atoms with Crippen LogP contribution in [0.4, 0.5) is 9.59 Å². The fraction of sp³-hybridized carbons (Fsp3) is 0.702. The van der Waals surface area contributed by atoms with Gasteiger partial charge in [-0.25, -0.2) is 14.4 Å². The molecule has 1 aliphatic heterocycles. The van der Waals surface area contributed by atoms with Crippen molar-refractivity contribution in [2.24, 2.45) is 0 Å². The first-order chi connectivity index (χ1) is 37.8. The van der Waals surface area contributed by atoms with Gasteiger partial charge in [-0.15, -0.1) is 0 Å². The van der Waals surface area contributed by atoms with Crippen LogP contribution >= 0.6 is 69.6 Å². The summed E-state index contributed by atoms with van der Waals surface area (Å²) in [6.07, 6.45) is 6.65. The van der Waals surface area contributed by atoms with Crippen molar-refractivity contribution in [2.75, 3.05) is 26.4 Å². The fourth-order valence-electron chi connectivity index (χ4n) is 8.31. The van der Waals surface area contributed by atoms with Gasteiger partial charge in [0.2, 0.25) is 7.59 Å². The van der Waals surface area contributed by atoms with Crippen LogP contribution in [-0.2, 0) is 65.0 Å². The number of carbonyl (C=O) groups is 5. The molecular weight excluding hydrogens is 1180 g/mol. The molecule has 0 aliphatic carbocycles. The molecule has 16 nitrogen and oxygen atoms in total. The molecule has 3 N–H and O–H groups in total. The minimum Gasteiger partial charge on any atom is -0.462 e. The molecule has 1 heterocycles. The molecule has 0 spiro atoms.